The molecule has 0 aliphatic heterocycles. The fourth-order valence-electron chi connectivity index (χ4n) is 3.70. The molecule has 1 N–H and O–H groups in total. The summed E-state index contributed by atoms with van der Waals surface area (Å²) in [4.78, 5) is 23.2. The molecule has 3 aromatic carbocycles. The molecule has 0 bridgehead atoms. The van der Waals surface area contributed by atoms with Crippen molar-refractivity contribution in [3.8, 4) is 11.5 Å². The molecule has 0 saturated heterocycles. The molecule has 40 heavy (non-hydrogen) atoms. The Labute approximate surface area is 238 Å². The van der Waals surface area contributed by atoms with E-state index in [1.165, 1.54) is 25.7 Å². The van der Waals surface area contributed by atoms with Crippen LogP contribution in [0.3, 0.4) is 0 Å². The highest BCUT2D eigenvalue weighted by Crippen LogP contribution is 2.18. The van der Waals surface area contributed by atoms with Gasteiger partial charge in [-0.05, 0) is 54.4 Å². The minimum Gasteiger partial charge on any atom is -0.497 e. The summed E-state index contributed by atoms with van der Waals surface area (Å²) in [6.07, 6.45) is 8.04. The van der Waals surface area contributed by atoms with Gasteiger partial charge >= 0.3 is 10.5 Å². The molecular formula is C31H38N2O6S. The van der Waals surface area contributed by atoms with E-state index in [1.807, 2.05) is 66.7 Å². The van der Waals surface area contributed by atoms with Gasteiger partial charge in [0.25, 0.3) is 11.8 Å². The average Bonchev–Trinajstić information content (AvgIpc) is 2.96. The van der Waals surface area contributed by atoms with Gasteiger partial charge in [0.05, 0.1) is 7.11 Å². The first-order chi connectivity index (χ1) is 19.4. The molecule has 0 aliphatic rings. The van der Waals surface area contributed by atoms with Gasteiger partial charge in [-0.25, -0.2) is 0 Å². The summed E-state index contributed by atoms with van der Waals surface area (Å²) in [6, 6.07) is 24.2. The maximum Gasteiger partial charge on any atom is 0.319 e. The van der Waals surface area contributed by atoms with Crippen molar-refractivity contribution in [2.45, 2.75) is 64.9 Å². The summed E-state index contributed by atoms with van der Waals surface area (Å²) in [5.74, 6) is 0.762. The molecule has 8 nitrogen and oxygen atoms in total. The first-order valence-corrected chi connectivity index (χ1v) is 14.5. The summed E-state index contributed by atoms with van der Waals surface area (Å²) in [7, 11) is -0.945. The van der Waals surface area contributed by atoms with E-state index in [-0.39, 0.29) is 12.3 Å². The van der Waals surface area contributed by atoms with Gasteiger partial charge in [-0.15, -0.1) is 0 Å². The number of para-hydroxylation sites is 1. The van der Waals surface area contributed by atoms with E-state index in [1.54, 1.807) is 19.2 Å². The smallest absolute Gasteiger partial charge is 0.319 e. The van der Waals surface area contributed by atoms with Crippen LogP contribution in [0, 0.1) is 0 Å². The molecule has 2 amide bonds. The van der Waals surface area contributed by atoms with Gasteiger partial charge in [0.15, 0.2) is 0 Å². The van der Waals surface area contributed by atoms with E-state index >= 15 is 0 Å². The highest BCUT2D eigenvalue weighted by molar-refractivity contribution is 7.62. The van der Waals surface area contributed by atoms with Crippen LogP contribution in [0.5, 0.6) is 11.5 Å². The number of hydrogen-bond acceptors (Lipinski definition) is 6. The van der Waals surface area contributed by atoms with Crippen LogP contribution in [0.15, 0.2) is 83.2 Å². The molecule has 0 atom stereocenters. The van der Waals surface area contributed by atoms with Crippen molar-refractivity contribution in [1.82, 2.24) is 0 Å². The molecule has 0 aromatic heterocycles. The molecular weight excluding hydrogens is 528 g/mol. The third-order valence-corrected chi connectivity index (χ3v) is 6.22. The average molecular weight is 567 g/mol. The molecule has 214 valence electrons. The van der Waals surface area contributed by atoms with Crippen molar-refractivity contribution in [3.63, 3.8) is 0 Å². The van der Waals surface area contributed by atoms with Crippen molar-refractivity contribution in [1.29, 1.82) is 0 Å². The number of hydrogen-bond donors (Lipinski definition) is 1. The number of nitrogens with zero attached hydrogens (tertiary/aromatic N) is 1. The van der Waals surface area contributed by atoms with Gasteiger partial charge in [0.2, 0.25) is 0 Å². The fourth-order valence-corrected chi connectivity index (χ4v) is 3.96. The standard InChI is InChI=1S/C21H19NO3.C10H19NO3S/c1-24-19-12-10-16(11-13-19)15-25-20-9-5-6-17(14-20)21(23)22-18-7-3-2-4-8-18;1-2-3-4-5-6-7-8-9-10(12)11-15(13)14/h2-14H,15H2,1H3,(H,22,23);2-9H2,1H3. The number of amides is 2. The predicted octanol–water partition coefficient (Wildman–Crippen LogP) is 7.24. The lowest BCUT2D eigenvalue weighted by atomic mass is 10.1. The van der Waals surface area contributed by atoms with Crippen LogP contribution < -0.4 is 14.8 Å². The lowest BCUT2D eigenvalue weighted by Gasteiger charge is -2.09. The number of methoxy groups -OCH3 is 1. The fraction of sp³-hybridized carbons (Fsp3) is 0.355. The molecule has 3 aromatic rings. The van der Waals surface area contributed by atoms with Crippen molar-refractivity contribution < 1.29 is 27.5 Å². The zero-order valence-electron chi connectivity index (χ0n) is 23.2. The molecule has 0 aliphatic carbocycles. The van der Waals surface area contributed by atoms with Crippen molar-refractivity contribution in [2.75, 3.05) is 12.4 Å². The summed E-state index contributed by atoms with van der Waals surface area (Å²) in [6.45, 7) is 2.59. The van der Waals surface area contributed by atoms with Crippen LogP contribution >= 0.6 is 0 Å². The quantitative estimate of drug-likeness (QED) is 0.206. The van der Waals surface area contributed by atoms with Crippen LogP contribution in [-0.2, 0) is 21.9 Å². The third-order valence-electron chi connectivity index (χ3n) is 5.86. The van der Waals surface area contributed by atoms with Gasteiger partial charge in [-0.2, -0.15) is 8.42 Å². The van der Waals surface area contributed by atoms with Gasteiger partial charge in [0, 0.05) is 17.7 Å². The maximum atomic E-state index is 12.3. The van der Waals surface area contributed by atoms with Gasteiger partial charge < -0.3 is 14.8 Å². The Morgan fingerprint density at radius 2 is 1.48 bits per heavy atom. The Morgan fingerprint density at radius 1 is 0.800 bits per heavy atom. The van der Waals surface area contributed by atoms with E-state index in [0.717, 1.165) is 36.3 Å². The Bertz CT molecular complexity index is 1300. The summed E-state index contributed by atoms with van der Waals surface area (Å²) < 4.78 is 33.9. The maximum absolute atomic E-state index is 12.3. The van der Waals surface area contributed by atoms with E-state index in [9.17, 15) is 18.0 Å². The Kier molecular flexibility index (Phi) is 15.4. The number of nitrogens with one attached hydrogen (secondary N) is 1. The summed E-state index contributed by atoms with van der Waals surface area (Å²) in [5, 5.41) is 2.86. The number of anilines is 1. The Hall–Kier alpha value is -3.98. The molecule has 0 spiro atoms. The number of unbranched alkanes of at least 4 members (excludes halogenated alkanes) is 6. The highest BCUT2D eigenvalue weighted by Gasteiger charge is 2.07. The molecule has 0 fully saturated rings. The molecule has 3 rings (SSSR count). The predicted molar refractivity (Wildman–Crippen MR) is 157 cm³/mol. The van der Waals surface area contributed by atoms with Gasteiger partial charge in [-0.3, -0.25) is 9.59 Å². The monoisotopic (exact) mass is 566 g/mol. The first kappa shape index (κ1) is 32.2. The van der Waals surface area contributed by atoms with Crippen LogP contribution in [0.1, 0.15) is 74.2 Å². The van der Waals surface area contributed by atoms with Crippen molar-refractivity contribution in [2.24, 2.45) is 4.36 Å². The van der Waals surface area contributed by atoms with E-state index < -0.39 is 16.4 Å². The molecule has 0 heterocycles. The second kappa shape index (κ2) is 19.1. The number of ether oxygens (including phenoxy) is 2. The Balaban J connectivity index is 0.000000323. The van der Waals surface area contributed by atoms with Crippen molar-refractivity contribution in [3.05, 3.63) is 90.0 Å². The number of carbonyl (C=O) groups is 2. The Morgan fingerprint density at radius 3 is 2.12 bits per heavy atom. The molecule has 0 unspecified atom stereocenters. The van der Waals surface area contributed by atoms with Crippen LogP contribution in [-0.4, -0.2) is 27.3 Å². The van der Waals surface area contributed by atoms with Crippen LogP contribution in [0.2, 0.25) is 0 Å². The number of rotatable bonds is 14. The van der Waals surface area contributed by atoms with Crippen molar-refractivity contribution >= 4 is 28.0 Å². The molecule has 9 heteroatoms. The SMILES string of the molecule is CCCCCCCCCC(=O)N=S(=O)=O.COc1ccc(COc2cccc(C(=O)Nc3ccccc3)c2)cc1. The minimum atomic E-state index is -2.58. The van der Waals surface area contributed by atoms with E-state index in [0.29, 0.717) is 17.9 Å². The zero-order chi connectivity index (χ0) is 29.0. The van der Waals surface area contributed by atoms with E-state index in [2.05, 4.69) is 16.6 Å². The highest BCUT2D eigenvalue weighted by atomic mass is 32.2. The first-order valence-electron chi connectivity index (χ1n) is 13.5. The van der Waals surface area contributed by atoms with Crippen LogP contribution in [0.4, 0.5) is 5.69 Å². The van der Waals surface area contributed by atoms with Gasteiger partial charge in [-0.1, -0.05) is 86.2 Å². The zero-order valence-corrected chi connectivity index (χ0v) is 24.0. The normalized spacial score (nSPS) is 10.1. The second-order valence-electron chi connectivity index (χ2n) is 9.06. The minimum absolute atomic E-state index is 0.166. The third kappa shape index (κ3) is 13.7. The second-order valence-corrected chi connectivity index (χ2v) is 9.67. The summed E-state index contributed by atoms with van der Waals surface area (Å²) in [5.41, 5.74) is 2.34. The van der Waals surface area contributed by atoms with E-state index in [4.69, 9.17) is 9.47 Å². The molecule has 0 radical (unpaired) electrons. The van der Waals surface area contributed by atoms with Gasteiger partial charge in [0.1, 0.15) is 18.1 Å². The lowest BCUT2D eigenvalue weighted by Crippen LogP contribution is -2.11. The number of benzene rings is 3. The number of carbonyl (C=O) groups excluding carboxylic acids is 2. The molecule has 0 saturated carbocycles. The topological polar surface area (TPSA) is 111 Å². The summed E-state index contributed by atoms with van der Waals surface area (Å²) >= 11 is 0. The lowest BCUT2D eigenvalue weighted by molar-refractivity contribution is -0.117. The van der Waals surface area contributed by atoms with Crippen LogP contribution in [0.25, 0.3) is 0 Å². The largest absolute Gasteiger partial charge is 0.497 e.